The number of guanidine groups is 1. The van der Waals surface area contributed by atoms with Gasteiger partial charge in [0.2, 0.25) is 0 Å². The third-order valence-electron chi connectivity index (χ3n) is 4.30. The van der Waals surface area contributed by atoms with Crippen LogP contribution in [0.4, 0.5) is 0 Å². The molecule has 0 bridgehead atoms. The number of likely N-dealkylation sites (tertiary alicyclic amines) is 1. The third kappa shape index (κ3) is 4.31. The Morgan fingerprint density at radius 2 is 2.23 bits per heavy atom. The van der Waals surface area contributed by atoms with Crippen molar-refractivity contribution >= 4 is 29.9 Å². The van der Waals surface area contributed by atoms with Crippen molar-refractivity contribution in [2.75, 3.05) is 20.1 Å². The molecule has 2 heterocycles. The summed E-state index contributed by atoms with van der Waals surface area (Å²) in [5.74, 6) is 1.79. The molecule has 7 nitrogen and oxygen atoms in total. The number of rotatable bonds is 5. The van der Waals surface area contributed by atoms with Gasteiger partial charge in [-0.1, -0.05) is 0 Å². The lowest BCUT2D eigenvalue weighted by Crippen LogP contribution is -2.44. The van der Waals surface area contributed by atoms with E-state index in [1.807, 2.05) is 11.6 Å². The number of nitrogens with zero attached hydrogens (tertiary/aromatic N) is 5. The van der Waals surface area contributed by atoms with Gasteiger partial charge < -0.3 is 15.2 Å². The van der Waals surface area contributed by atoms with Crippen LogP contribution in [0.3, 0.4) is 0 Å². The monoisotopic (exact) mass is 419 g/mol. The maximum Gasteiger partial charge on any atom is 0.191 e. The summed E-state index contributed by atoms with van der Waals surface area (Å²) in [6.07, 6.45) is 5.72. The van der Waals surface area contributed by atoms with E-state index in [1.165, 1.54) is 25.8 Å². The van der Waals surface area contributed by atoms with Crippen LogP contribution in [0.5, 0.6) is 0 Å². The molecule has 22 heavy (non-hydrogen) atoms. The highest BCUT2D eigenvalue weighted by atomic mass is 127. The molecule has 124 valence electrons. The number of aryl methyl sites for hydroxylation is 1. The summed E-state index contributed by atoms with van der Waals surface area (Å²) in [5.41, 5.74) is 0. The third-order valence-corrected chi connectivity index (χ3v) is 4.30. The van der Waals surface area contributed by atoms with E-state index in [1.54, 1.807) is 6.33 Å². The first-order valence-electron chi connectivity index (χ1n) is 7.88. The first kappa shape index (κ1) is 17.5. The highest BCUT2D eigenvalue weighted by molar-refractivity contribution is 14.0. The average Bonchev–Trinajstić information content (AvgIpc) is 3.08. The van der Waals surface area contributed by atoms with Gasteiger partial charge in [-0.3, -0.25) is 9.89 Å². The normalized spacial score (nSPS) is 22.5. The van der Waals surface area contributed by atoms with E-state index in [9.17, 15) is 0 Å². The predicted octanol–water partition coefficient (Wildman–Crippen LogP) is 0.818. The second kappa shape index (κ2) is 8.09. The van der Waals surface area contributed by atoms with Crippen molar-refractivity contribution < 1.29 is 0 Å². The molecule has 1 atom stereocenters. The maximum atomic E-state index is 4.31. The molecule has 1 saturated carbocycles. The van der Waals surface area contributed by atoms with E-state index in [-0.39, 0.29) is 24.0 Å². The fraction of sp³-hybridized carbons (Fsp3) is 0.786. The van der Waals surface area contributed by atoms with Gasteiger partial charge in [0, 0.05) is 38.8 Å². The van der Waals surface area contributed by atoms with Crippen LogP contribution >= 0.6 is 24.0 Å². The first-order chi connectivity index (χ1) is 10.3. The van der Waals surface area contributed by atoms with Gasteiger partial charge in [0.05, 0.1) is 6.54 Å². The highest BCUT2D eigenvalue weighted by Crippen LogP contribution is 2.29. The Balaban J connectivity index is 0.00000176. The first-order valence-corrected chi connectivity index (χ1v) is 7.88. The van der Waals surface area contributed by atoms with Gasteiger partial charge in [0.15, 0.2) is 11.8 Å². The zero-order valence-corrected chi connectivity index (χ0v) is 15.7. The molecule has 2 fully saturated rings. The van der Waals surface area contributed by atoms with E-state index in [2.05, 4.69) is 37.6 Å². The molecule has 1 aliphatic carbocycles. The van der Waals surface area contributed by atoms with Crippen LogP contribution in [0.2, 0.25) is 0 Å². The van der Waals surface area contributed by atoms with E-state index < -0.39 is 0 Å². The summed E-state index contributed by atoms with van der Waals surface area (Å²) in [6, 6.07) is 1.36. The van der Waals surface area contributed by atoms with Gasteiger partial charge in [0.25, 0.3) is 0 Å². The minimum absolute atomic E-state index is 0. The van der Waals surface area contributed by atoms with Crippen molar-refractivity contribution in [1.82, 2.24) is 30.3 Å². The molecular formula is C14H26IN7. The Labute approximate surface area is 149 Å². The van der Waals surface area contributed by atoms with Crippen LogP contribution in [-0.2, 0) is 13.1 Å². The largest absolute Gasteiger partial charge is 0.352 e. The van der Waals surface area contributed by atoms with Crippen molar-refractivity contribution in [1.29, 1.82) is 0 Å². The van der Waals surface area contributed by atoms with Crippen LogP contribution in [0, 0.1) is 0 Å². The number of nitrogens with one attached hydrogen (secondary N) is 2. The van der Waals surface area contributed by atoms with Crippen molar-refractivity contribution in [3.05, 3.63) is 12.2 Å². The molecule has 2 aliphatic rings. The highest BCUT2D eigenvalue weighted by Gasteiger charge is 2.34. The van der Waals surface area contributed by atoms with Gasteiger partial charge in [-0.25, -0.2) is 0 Å². The standard InChI is InChI=1S/C14H25N7.HI/c1-3-20-10-17-19-13(20)8-16-14(15-2)18-11-6-7-21(9-11)12-4-5-12;/h10-12H,3-9H2,1-2H3,(H2,15,16,18);1H. The molecule has 1 saturated heterocycles. The molecule has 1 unspecified atom stereocenters. The molecule has 8 heteroatoms. The van der Waals surface area contributed by atoms with Crippen LogP contribution in [0.1, 0.15) is 32.0 Å². The van der Waals surface area contributed by atoms with Crippen molar-refractivity contribution in [3.8, 4) is 0 Å². The van der Waals surface area contributed by atoms with E-state index >= 15 is 0 Å². The zero-order chi connectivity index (χ0) is 14.7. The minimum Gasteiger partial charge on any atom is -0.352 e. The Kier molecular flexibility index (Phi) is 6.42. The van der Waals surface area contributed by atoms with Crippen LogP contribution in [0.15, 0.2) is 11.3 Å². The lowest BCUT2D eigenvalue weighted by molar-refractivity contribution is 0.321. The van der Waals surface area contributed by atoms with Crippen LogP contribution in [-0.4, -0.2) is 57.8 Å². The fourth-order valence-electron chi connectivity index (χ4n) is 2.91. The van der Waals surface area contributed by atoms with Crippen molar-refractivity contribution in [2.24, 2.45) is 4.99 Å². The number of halogens is 1. The molecule has 1 aromatic rings. The number of hydrogen-bond acceptors (Lipinski definition) is 4. The molecule has 1 aliphatic heterocycles. The number of hydrogen-bond donors (Lipinski definition) is 2. The van der Waals surface area contributed by atoms with Gasteiger partial charge in [-0.15, -0.1) is 34.2 Å². The predicted molar refractivity (Wildman–Crippen MR) is 97.4 cm³/mol. The Morgan fingerprint density at radius 3 is 2.91 bits per heavy atom. The smallest absolute Gasteiger partial charge is 0.191 e. The summed E-state index contributed by atoms with van der Waals surface area (Å²) >= 11 is 0. The molecule has 3 rings (SSSR count). The summed E-state index contributed by atoms with van der Waals surface area (Å²) in [6.45, 7) is 5.96. The fourth-order valence-corrected chi connectivity index (χ4v) is 2.91. The van der Waals surface area contributed by atoms with E-state index in [0.29, 0.717) is 12.6 Å². The maximum absolute atomic E-state index is 4.31. The van der Waals surface area contributed by atoms with E-state index in [4.69, 9.17) is 0 Å². The zero-order valence-electron chi connectivity index (χ0n) is 13.3. The van der Waals surface area contributed by atoms with Crippen LogP contribution in [0.25, 0.3) is 0 Å². The second-order valence-electron chi connectivity index (χ2n) is 5.81. The van der Waals surface area contributed by atoms with Gasteiger partial charge in [-0.2, -0.15) is 0 Å². The summed E-state index contributed by atoms with van der Waals surface area (Å²) in [4.78, 5) is 6.91. The Morgan fingerprint density at radius 1 is 1.41 bits per heavy atom. The number of aromatic nitrogens is 3. The molecule has 0 spiro atoms. The molecule has 0 radical (unpaired) electrons. The van der Waals surface area contributed by atoms with Gasteiger partial charge in [0.1, 0.15) is 6.33 Å². The van der Waals surface area contributed by atoms with Crippen molar-refractivity contribution in [2.45, 2.75) is 51.4 Å². The molecule has 2 N–H and O–H groups in total. The molecule has 0 amide bonds. The van der Waals surface area contributed by atoms with Gasteiger partial charge >= 0.3 is 0 Å². The van der Waals surface area contributed by atoms with E-state index in [0.717, 1.165) is 30.9 Å². The van der Waals surface area contributed by atoms with Crippen molar-refractivity contribution in [3.63, 3.8) is 0 Å². The Bertz CT molecular complexity index is 497. The topological polar surface area (TPSA) is 70.4 Å². The summed E-state index contributed by atoms with van der Waals surface area (Å²) in [7, 11) is 1.81. The van der Waals surface area contributed by atoms with Crippen LogP contribution < -0.4 is 10.6 Å². The average molecular weight is 419 g/mol. The minimum atomic E-state index is 0. The molecule has 1 aromatic heterocycles. The molecule has 0 aromatic carbocycles. The lowest BCUT2D eigenvalue weighted by atomic mass is 10.3. The SMILES string of the molecule is CCn1cnnc1CNC(=NC)NC1CCN(C2CC2)C1.I. The second-order valence-corrected chi connectivity index (χ2v) is 5.81. The quantitative estimate of drug-likeness (QED) is 0.420. The number of aliphatic imine (C=N–C) groups is 1. The summed E-state index contributed by atoms with van der Waals surface area (Å²) < 4.78 is 2.03. The lowest BCUT2D eigenvalue weighted by Gasteiger charge is -2.18. The molecular weight excluding hydrogens is 393 g/mol. The summed E-state index contributed by atoms with van der Waals surface area (Å²) in [5, 5.41) is 14.9. The Hall–Kier alpha value is -0.900. The van der Waals surface area contributed by atoms with Gasteiger partial charge in [-0.05, 0) is 26.2 Å².